The van der Waals surface area contributed by atoms with Crippen molar-refractivity contribution in [2.75, 3.05) is 35.2 Å². The highest BCUT2D eigenvalue weighted by molar-refractivity contribution is 6.30. The van der Waals surface area contributed by atoms with Crippen LogP contribution in [0.5, 0.6) is 5.75 Å². The molecule has 8 nitrogen and oxygen atoms in total. The lowest BCUT2D eigenvalue weighted by molar-refractivity contribution is -0.125. The molecule has 0 bridgehead atoms. The van der Waals surface area contributed by atoms with E-state index in [1.165, 1.54) is 4.90 Å². The maximum atomic E-state index is 12.3. The van der Waals surface area contributed by atoms with Gasteiger partial charge in [-0.25, -0.2) is 4.79 Å². The first-order chi connectivity index (χ1) is 14.0. The van der Waals surface area contributed by atoms with E-state index in [9.17, 15) is 14.4 Å². The summed E-state index contributed by atoms with van der Waals surface area (Å²) in [5, 5.41) is 8.62. The molecule has 0 aliphatic carbocycles. The molecular weight excluding hydrogens is 396 g/mol. The Hall–Kier alpha value is -3.26. The largest absolute Gasteiger partial charge is 0.482 e. The number of nitrogens with one attached hydrogen (secondary N) is 3. The number of fused-ring (bicyclic) bond motifs is 1. The topological polar surface area (TPSA) is 99.8 Å². The Labute approximate surface area is 173 Å². The molecule has 3 rings (SSSR count). The van der Waals surface area contributed by atoms with Gasteiger partial charge in [0.15, 0.2) is 6.61 Å². The average Bonchev–Trinajstić information content (AvgIpc) is 2.68. The number of halogens is 1. The highest BCUT2D eigenvalue weighted by Gasteiger charge is 2.27. The van der Waals surface area contributed by atoms with E-state index in [1.54, 1.807) is 42.5 Å². The zero-order valence-corrected chi connectivity index (χ0v) is 16.6. The Morgan fingerprint density at radius 2 is 1.90 bits per heavy atom. The van der Waals surface area contributed by atoms with E-state index in [2.05, 4.69) is 16.0 Å². The highest BCUT2D eigenvalue weighted by Crippen LogP contribution is 2.34. The molecule has 4 amide bonds. The number of benzene rings is 2. The van der Waals surface area contributed by atoms with Crippen LogP contribution in [0.15, 0.2) is 42.5 Å². The normalized spacial score (nSPS) is 12.6. The van der Waals surface area contributed by atoms with Crippen LogP contribution in [0, 0.1) is 0 Å². The van der Waals surface area contributed by atoms with Crippen molar-refractivity contribution in [3.05, 3.63) is 47.5 Å². The zero-order chi connectivity index (χ0) is 20.8. The first-order valence-corrected chi connectivity index (χ1v) is 9.51. The third kappa shape index (κ3) is 5.39. The van der Waals surface area contributed by atoms with Gasteiger partial charge >= 0.3 is 6.03 Å². The summed E-state index contributed by atoms with van der Waals surface area (Å²) >= 11 is 5.92. The van der Waals surface area contributed by atoms with E-state index in [-0.39, 0.29) is 25.0 Å². The smallest absolute Gasteiger partial charge is 0.323 e. The fraction of sp³-hybridized carbons (Fsp3) is 0.250. The molecule has 2 aromatic carbocycles. The molecule has 0 aromatic heterocycles. The van der Waals surface area contributed by atoms with Gasteiger partial charge in [0.25, 0.3) is 5.91 Å². The van der Waals surface area contributed by atoms with Gasteiger partial charge in [-0.05, 0) is 42.8 Å². The summed E-state index contributed by atoms with van der Waals surface area (Å²) in [5.41, 5.74) is 1.41. The fourth-order valence-electron chi connectivity index (χ4n) is 2.78. The number of carbonyl (C=O) groups excluding carboxylic acids is 3. The molecule has 9 heteroatoms. The van der Waals surface area contributed by atoms with Crippen LogP contribution in [0.3, 0.4) is 0 Å². The van der Waals surface area contributed by atoms with Crippen molar-refractivity contribution >= 4 is 46.5 Å². The maximum absolute atomic E-state index is 12.3. The molecule has 1 heterocycles. The minimum atomic E-state index is -0.470. The van der Waals surface area contributed by atoms with Crippen molar-refractivity contribution in [3.8, 4) is 5.75 Å². The molecule has 0 radical (unpaired) electrons. The second-order valence-electron chi connectivity index (χ2n) is 6.39. The lowest BCUT2D eigenvalue weighted by Gasteiger charge is -2.29. The minimum absolute atomic E-state index is 0.118. The molecule has 0 unspecified atom stereocenters. The Balaban J connectivity index is 1.73. The molecule has 0 saturated heterocycles. The van der Waals surface area contributed by atoms with Gasteiger partial charge in [0.2, 0.25) is 5.91 Å². The van der Waals surface area contributed by atoms with Crippen LogP contribution in [0.4, 0.5) is 21.9 Å². The van der Waals surface area contributed by atoms with Crippen molar-refractivity contribution < 1.29 is 19.1 Å². The number of nitrogens with zero attached hydrogens (tertiary/aromatic N) is 1. The molecule has 0 saturated carbocycles. The Bertz CT molecular complexity index is 934. The molecule has 1 aliphatic rings. The fourth-order valence-corrected chi connectivity index (χ4v) is 2.97. The molecule has 2 aromatic rings. The number of ether oxygens (including phenoxy) is 1. The van der Waals surface area contributed by atoms with Gasteiger partial charge in [-0.1, -0.05) is 24.6 Å². The molecule has 3 N–H and O–H groups in total. The van der Waals surface area contributed by atoms with Crippen LogP contribution in [-0.4, -0.2) is 37.5 Å². The summed E-state index contributed by atoms with van der Waals surface area (Å²) < 4.78 is 5.43. The standard InChI is InChI=1S/C20H21ClN4O4/c1-2-8-22-18(26)11-25-16-10-15(6-7-17(16)29-12-19(25)27)24-20(28)23-14-5-3-4-13(21)9-14/h3-7,9-10H,2,8,11-12H2,1H3,(H,22,26)(H2,23,24,28). The molecule has 0 fully saturated rings. The van der Waals surface area contributed by atoms with E-state index in [0.29, 0.717) is 34.4 Å². The van der Waals surface area contributed by atoms with Crippen LogP contribution >= 0.6 is 11.6 Å². The number of urea groups is 1. The monoisotopic (exact) mass is 416 g/mol. The van der Waals surface area contributed by atoms with Gasteiger partial charge in [0.05, 0.1) is 5.69 Å². The maximum Gasteiger partial charge on any atom is 0.323 e. The van der Waals surface area contributed by atoms with Crippen LogP contribution in [-0.2, 0) is 9.59 Å². The van der Waals surface area contributed by atoms with E-state index < -0.39 is 6.03 Å². The van der Waals surface area contributed by atoms with Crippen LogP contribution < -0.4 is 25.6 Å². The highest BCUT2D eigenvalue weighted by atomic mass is 35.5. The average molecular weight is 417 g/mol. The zero-order valence-electron chi connectivity index (χ0n) is 15.8. The van der Waals surface area contributed by atoms with Gasteiger partial charge in [0, 0.05) is 22.9 Å². The molecule has 1 aliphatic heterocycles. The molecule has 0 atom stereocenters. The molecule has 29 heavy (non-hydrogen) atoms. The van der Waals surface area contributed by atoms with E-state index >= 15 is 0 Å². The summed E-state index contributed by atoms with van der Waals surface area (Å²) in [7, 11) is 0. The molecule has 152 valence electrons. The first kappa shape index (κ1) is 20.5. The first-order valence-electron chi connectivity index (χ1n) is 9.13. The Morgan fingerprint density at radius 3 is 2.62 bits per heavy atom. The molecule has 0 spiro atoms. The lowest BCUT2D eigenvalue weighted by atomic mass is 10.2. The summed E-state index contributed by atoms with van der Waals surface area (Å²) in [5.74, 6) is -0.122. The summed E-state index contributed by atoms with van der Waals surface area (Å²) in [6.45, 7) is 2.22. The van der Waals surface area contributed by atoms with E-state index in [1.807, 2.05) is 6.92 Å². The van der Waals surface area contributed by atoms with Crippen molar-refractivity contribution in [1.82, 2.24) is 5.32 Å². The van der Waals surface area contributed by atoms with Gasteiger partial charge in [0.1, 0.15) is 12.3 Å². The summed E-state index contributed by atoms with van der Waals surface area (Å²) in [6, 6.07) is 11.2. The SMILES string of the molecule is CCCNC(=O)CN1C(=O)COc2ccc(NC(=O)Nc3cccc(Cl)c3)cc21. The molecular formula is C20H21ClN4O4. The number of amides is 4. The second kappa shape index (κ2) is 9.29. The van der Waals surface area contributed by atoms with Crippen molar-refractivity contribution in [2.24, 2.45) is 0 Å². The number of hydrogen-bond acceptors (Lipinski definition) is 4. The van der Waals surface area contributed by atoms with Gasteiger partial charge in [-0.2, -0.15) is 0 Å². The predicted octanol–water partition coefficient (Wildman–Crippen LogP) is 3.24. The number of hydrogen-bond donors (Lipinski definition) is 3. The van der Waals surface area contributed by atoms with Gasteiger partial charge in [-0.3, -0.25) is 14.5 Å². The van der Waals surface area contributed by atoms with Crippen LogP contribution in [0.1, 0.15) is 13.3 Å². The number of carbonyl (C=O) groups is 3. The Kier molecular flexibility index (Phi) is 6.56. The minimum Gasteiger partial charge on any atom is -0.482 e. The van der Waals surface area contributed by atoms with E-state index in [0.717, 1.165) is 6.42 Å². The quantitative estimate of drug-likeness (QED) is 0.673. The lowest BCUT2D eigenvalue weighted by Crippen LogP contribution is -2.45. The van der Waals surface area contributed by atoms with Crippen molar-refractivity contribution in [2.45, 2.75) is 13.3 Å². The summed E-state index contributed by atoms with van der Waals surface area (Å²) in [4.78, 5) is 38.0. The third-order valence-electron chi connectivity index (χ3n) is 4.12. The Morgan fingerprint density at radius 1 is 1.14 bits per heavy atom. The van der Waals surface area contributed by atoms with Gasteiger partial charge < -0.3 is 20.7 Å². The van der Waals surface area contributed by atoms with E-state index in [4.69, 9.17) is 16.3 Å². The second-order valence-corrected chi connectivity index (χ2v) is 6.83. The number of rotatable bonds is 6. The van der Waals surface area contributed by atoms with Gasteiger partial charge in [-0.15, -0.1) is 0 Å². The van der Waals surface area contributed by atoms with Crippen LogP contribution in [0.25, 0.3) is 0 Å². The van der Waals surface area contributed by atoms with Crippen molar-refractivity contribution in [1.29, 1.82) is 0 Å². The third-order valence-corrected chi connectivity index (χ3v) is 4.35. The predicted molar refractivity (Wildman–Crippen MR) is 112 cm³/mol. The van der Waals surface area contributed by atoms with Crippen LogP contribution in [0.2, 0.25) is 5.02 Å². The number of anilines is 3. The van der Waals surface area contributed by atoms with Crippen molar-refractivity contribution in [3.63, 3.8) is 0 Å². The summed E-state index contributed by atoms with van der Waals surface area (Å²) in [6.07, 6.45) is 0.801.